The van der Waals surface area contributed by atoms with Crippen molar-refractivity contribution in [3.8, 4) is 0 Å². The molecule has 184 valence electrons. The Morgan fingerprint density at radius 3 is 2.26 bits per heavy atom. The van der Waals surface area contributed by atoms with Crippen molar-refractivity contribution in [1.82, 2.24) is 9.88 Å². The highest BCUT2D eigenvalue weighted by Crippen LogP contribution is 2.46. The number of aryl methyl sites for hydroxylation is 1. The first-order valence-electron chi connectivity index (χ1n) is 12.5. The van der Waals surface area contributed by atoms with E-state index in [2.05, 4.69) is 44.8 Å². The Bertz CT molecular complexity index is 1240. The molecule has 1 aliphatic rings. The number of aromatic nitrogens is 1. The molecule has 0 radical (unpaired) electrons. The van der Waals surface area contributed by atoms with Crippen LogP contribution in [0.2, 0.25) is 0 Å². The van der Waals surface area contributed by atoms with Crippen LogP contribution >= 0.6 is 0 Å². The molecule has 3 aromatic rings. The Balaban J connectivity index is 1.57. The first-order chi connectivity index (χ1) is 16.5. The standard InChI is InChI=1S/C30H36N2O3/c1-7-32(17-13-21-10-8-9-16-31-21)28(34)26-12-11-25(35-26)27(33)22-19-24-23(18-20(22)2)29(3,4)14-15-30(24,5)6/h8-12,16,18-19H,7,13-15,17H2,1-6H3. The molecule has 2 heterocycles. The lowest BCUT2D eigenvalue weighted by molar-refractivity contribution is 0.0731. The fourth-order valence-electron chi connectivity index (χ4n) is 5.03. The largest absolute Gasteiger partial charge is 0.447 e. The van der Waals surface area contributed by atoms with E-state index in [-0.39, 0.29) is 34.0 Å². The molecule has 1 aliphatic carbocycles. The highest BCUT2D eigenvalue weighted by molar-refractivity contribution is 6.09. The van der Waals surface area contributed by atoms with Gasteiger partial charge >= 0.3 is 0 Å². The van der Waals surface area contributed by atoms with Crippen molar-refractivity contribution in [2.24, 2.45) is 0 Å². The molecule has 5 heteroatoms. The molecular formula is C30H36N2O3. The topological polar surface area (TPSA) is 63.4 Å². The lowest BCUT2D eigenvalue weighted by Crippen LogP contribution is -2.34. The van der Waals surface area contributed by atoms with Crippen LogP contribution < -0.4 is 0 Å². The number of fused-ring (bicyclic) bond motifs is 1. The van der Waals surface area contributed by atoms with Gasteiger partial charge in [0.25, 0.3) is 5.91 Å². The average molecular weight is 473 g/mol. The van der Waals surface area contributed by atoms with Crippen molar-refractivity contribution in [3.05, 3.63) is 88.1 Å². The maximum absolute atomic E-state index is 13.5. The first-order valence-corrected chi connectivity index (χ1v) is 12.5. The molecule has 1 aromatic carbocycles. The highest BCUT2D eigenvalue weighted by Gasteiger charge is 2.38. The van der Waals surface area contributed by atoms with Crippen LogP contribution in [-0.4, -0.2) is 34.7 Å². The van der Waals surface area contributed by atoms with E-state index in [1.807, 2.05) is 32.0 Å². The molecule has 2 aromatic heterocycles. The normalized spacial score (nSPS) is 15.9. The number of carbonyl (C=O) groups is 2. The van der Waals surface area contributed by atoms with Gasteiger partial charge in [-0.1, -0.05) is 39.8 Å². The number of furan rings is 1. The molecule has 0 fully saturated rings. The van der Waals surface area contributed by atoms with Crippen LogP contribution in [0.3, 0.4) is 0 Å². The maximum atomic E-state index is 13.5. The van der Waals surface area contributed by atoms with Crippen molar-refractivity contribution in [2.75, 3.05) is 13.1 Å². The number of ketones is 1. The third kappa shape index (κ3) is 4.95. The quantitative estimate of drug-likeness (QED) is 0.380. The zero-order valence-corrected chi connectivity index (χ0v) is 21.8. The molecule has 0 N–H and O–H groups in total. The van der Waals surface area contributed by atoms with Crippen molar-refractivity contribution in [1.29, 1.82) is 0 Å². The number of rotatable bonds is 7. The smallest absolute Gasteiger partial charge is 0.289 e. The Hall–Kier alpha value is -3.21. The summed E-state index contributed by atoms with van der Waals surface area (Å²) in [5.74, 6) is -0.00839. The van der Waals surface area contributed by atoms with Crippen LogP contribution in [-0.2, 0) is 17.3 Å². The molecule has 0 unspecified atom stereocenters. The average Bonchev–Trinajstić information content (AvgIpc) is 3.33. The Morgan fingerprint density at radius 1 is 0.971 bits per heavy atom. The second-order valence-corrected chi connectivity index (χ2v) is 10.9. The van der Waals surface area contributed by atoms with E-state index >= 15 is 0 Å². The van der Waals surface area contributed by atoms with Gasteiger partial charge in [-0.15, -0.1) is 0 Å². The van der Waals surface area contributed by atoms with Crippen molar-refractivity contribution in [2.45, 2.75) is 71.6 Å². The predicted molar refractivity (Wildman–Crippen MR) is 138 cm³/mol. The van der Waals surface area contributed by atoms with Gasteiger partial charge in [0.2, 0.25) is 5.78 Å². The van der Waals surface area contributed by atoms with Gasteiger partial charge in [-0.05, 0) is 84.5 Å². The van der Waals surface area contributed by atoms with E-state index in [0.717, 1.165) is 24.1 Å². The highest BCUT2D eigenvalue weighted by atomic mass is 16.4. The summed E-state index contributed by atoms with van der Waals surface area (Å²) >= 11 is 0. The SMILES string of the molecule is CCN(CCc1ccccn1)C(=O)c1ccc(C(=O)c2cc3c(cc2C)C(C)(C)CCC3(C)C)o1. The molecule has 0 saturated carbocycles. The maximum Gasteiger partial charge on any atom is 0.289 e. The molecule has 4 rings (SSSR count). The van der Waals surface area contributed by atoms with Crippen LogP contribution in [0.1, 0.15) is 96.5 Å². The molecular weight excluding hydrogens is 436 g/mol. The summed E-state index contributed by atoms with van der Waals surface area (Å²) in [6, 6.07) is 13.2. The van der Waals surface area contributed by atoms with Crippen LogP contribution in [0, 0.1) is 6.92 Å². The van der Waals surface area contributed by atoms with E-state index in [1.54, 1.807) is 23.2 Å². The summed E-state index contributed by atoms with van der Waals surface area (Å²) < 4.78 is 5.83. The van der Waals surface area contributed by atoms with E-state index in [0.29, 0.717) is 25.1 Å². The van der Waals surface area contributed by atoms with Crippen molar-refractivity contribution in [3.63, 3.8) is 0 Å². The molecule has 35 heavy (non-hydrogen) atoms. The van der Waals surface area contributed by atoms with Gasteiger partial charge < -0.3 is 9.32 Å². The lowest BCUT2D eigenvalue weighted by atomic mass is 9.62. The monoisotopic (exact) mass is 472 g/mol. The summed E-state index contributed by atoms with van der Waals surface area (Å²) in [6.07, 6.45) is 4.61. The van der Waals surface area contributed by atoms with Crippen LogP contribution in [0.15, 0.2) is 53.1 Å². The number of nitrogens with zero attached hydrogens (tertiary/aromatic N) is 2. The fourth-order valence-corrected chi connectivity index (χ4v) is 5.03. The van der Waals surface area contributed by atoms with Crippen LogP contribution in [0.4, 0.5) is 0 Å². The van der Waals surface area contributed by atoms with Gasteiger partial charge in [-0.3, -0.25) is 14.6 Å². The lowest BCUT2D eigenvalue weighted by Gasteiger charge is -2.42. The zero-order valence-electron chi connectivity index (χ0n) is 21.8. The van der Waals surface area contributed by atoms with E-state index < -0.39 is 0 Å². The van der Waals surface area contributed by atoms with Crippen molar-refractivity contribution >= 4 is 11.7 Å². The number of hydrogen-bond donors (Lipinski definition) is 0. The van der Waals surface area contributed by atoms with Gasteiger partial charge in [0, 0.05) is 37.0 Å². The molecule has 0 spiro atoms. The summed E-state index contributed by atoms with van der Waals surface area (Å²) in [7, 11) is 0. The molecule has 0 aliphatic heterocycles. The van der Waals surface area contributed by atoms with Gasteiger partial charge in [0.05, 0.1) is 0 Å². The van der Waals surface area contributed by atoms with Gasteiger partial charge in [0.15, 0.2) is 11.5 Å². The molecule has 0 saturated heterocycles. The predicted octanol–water partition coefficient (Wildman–Crippen LogP) is 6.27. The van der Waals surface area contributed by atoms with Crippen LogP contribution in [0.25, 0.3) is 0 Å². The summed E-state index contributed by atoms with van der Waals surface area (Å²) in [6.45, 7) is 14.0. The third-order valence-electron chi connectivity index (χ3n) is 7.52. The third-order valence-corrected chi connectivity index (χ3v) is 7.52. The summed E-state index contributed by atoms with van der Waals surface area (Å²) in [5, 5.41) is 0. The second-order valence-electron chi connectivity index (χ2n) is 10.9. The fraction of sp³-hybridized carbons (Fsp3) is 0.433. The minimum Gasteiger partial charge on any atom is -0.447 e. The van der Waals surface area contributed by atoms with E-state index in [9.17, 15) is 9.59 Å². The minimum absolute atomic E-state index is 0.00705. The summed E-state index contributed by atoms with van der Waals surface area (Å²) in [5.41, 5.74) is 5.16. The Morgan fingerprint density at radius 2 is 1.63 bits per heavy atom. The number of carbonyl (C=O) groups excluding carboxylic acids is 2. The van der Waals surface area contributed by atoms with Gasteiger partial charge in [-0.2, -0.15) is 0 Å². The van der Waals surface area contributed by atoms with E-state index in [4.69, 9.17) is 4.42 Å². The first kappa shape index (κ1) is 24.9. The second kappa shape index (κ2) is 9.44. The molecule has 5 nitrogen and oxygen atoms in total. The van der Waals surface area contributed by atoms with Gasteiger partial charge in [0.1, 0.15) is 0 Å². The summed E-state index contributed by atoms with van der Waals surface area (Å²) in [4.78, 5) is 32.6. The van der Waals surface area contributed by atoms with Crippen LogP contribution in [0.5, 0.6) is 0 Å². The number of hydrogen-bond acceptors (Lipinski definition) is 4. The number of benzene rings is 1. The molecule has 0 bridgehead atoms. The number of amides is 1. The minimum atomic E-state index is -0.215. The van der Waals surface area contributed by atoms with E-state index in [1.165, 1.54) is 11.1 Å². The van der Waals surface area contributed by atoms with Gasteiger partial charge in [-0.25, -0.2) is 0 Å². The van der Waals surface area contributed by atoms with Crippen molar-refractivity contribution < 1.29 is 14.0 Å². The zero-order chi connectivity index (χ0) is 25.4. The number of pyridine rings is 1. The molecule has 0 atom stereocenters. The Kier molecular flexibility index (Phi) is 6.72. The number of likely N-dealkylation sites (N-methyl/N-ethyl adjacent to an activating group) is 1. The molecule has 1 amide bonds. The Labute approximate surface area is 208 Å².